The minimum atomic E-state index is -0.0881. The topological polar surface area (TPSA) is 76.6 Å². The van der Waals surface area contributed by atoms with Crippen LogP contribution in [0.4, 0.5) is 11.6 Å². The highest BCUT2D eigenvalue weighted by Gasteiger charge is 2.20. The van der Waals surface area contributed by atoms with E-state index < -0.39 is 0 Å². The minimum absolute atomic E-state index is 0.0881. The van der Waals surface area contributed by atoms with E-state index in [0.29, 0.717) is 30.2 Å². The Morgan fingerprint density at radius 2 is 1.70 bits per heavy atom. The summed E-state index contributed by atoms with van der Waals surface area (Å²) in [6.45, 7) is 1.86. The maximum absolute atomic E-state index is 12.7. The highest BCUT2D eigenvalue weighted by molar-refractivity contribution is 5.94. The molecule has 2 heterocycles. The van der Waals surface area contributed by atoms with Gasteiger partial charge in [-0.2, -0.15) is 0 Å². The van der Waals surface area contributed by atoms with Crippen LogP contribution in [0.1, 0.15) is 24.8 Å². The lowest BCUT2D eigenvalue weighted by atomic mass is 10.1. The Balaban J connectivity index is 1.50. The summed E-state index contributed by atoms with van der Waals surface area (Å²) < 4.78 is 10.6. The molecular formula is C23H26N4O3. The maximum Gasteiger partial charge on any atom is 0.225 e. The number of hydrogen-bond acceptors (Lipinski definition) is 6. The lowest BCUT2D eigenvalue weighted by Crippen LogP contribution is -2.23. The zero-order chi connectivity index (χ0) is 20.9. The molecule has 1 aromatic heterocycles. The van der Waals surface area contributed by atoms with Crippen molar-refractivity contribution in [1.29, 1.82) is 0 Å². The Morgan fingerprint density at radius 3 is 2.40 bits per heavy atom. The molecule has 1 fully saturated rings. The molecule has 3 aromatic rings. The number of rotatable bonds is 7. The van der Waals surface area contributed by atoms with Crippen LogP contribution >= 0.6 is 0 Å². The number of methoxy groups -OCH3 is 2. The number of fused-ring (bicyclic) bond motifs is 1. The third-order valence-electron chi connectivity index (χ3n) is 5.30. The first-order chi connectivity index (χ1) is 14.7. The second-order valence-corrected chi connectivity index (χ2v) is 7.32. The quantitative estimate of drug-likeness (QED) is 0.643. The summed E-state index contributed by atoms with van der Waals surface area (Å²) in [5, 5.41) is 2.99. The fourth-order valence-corrected chi connectivity index (χ4v) is 3.71. The molecule has 0 aliphatic carbocycles. The highest BCUT2D eigenvalue weighted by Crippen LogP contribution is 2.29. The molecule has 0 radical (unpaired) electrons. The number of ether oxygens (including phenoxy) is 2. The zero-order valence-electron chi connectivity index (χ0n) is 17.4. The van der Waals surface area contributed by atoms with Crippen molar-refractivity contribution >= 4 is 28.6 Å². The van der Waals surface area contributed by atoms with Gasteiger partial charge < -0.3 is 19.7 Å². The molecule has 1 saturated heterocycles. The summed E-state index contributed by atoms with van der Waals surface area (Å²) in [6.07, 6.45) is 3.18. The normalized spacial score (nSPS) is 13.5. The van der Waals surface area contributed by atoms with Gasteiger partial charge in [-0.3, -0.25) is 4.79 Å². The Morgan fingerprint density at radius 1 is 1.00 bits per heavy atom. The molecule has 0 unspecified atom stereocenters. The lowest BCUT2D eigenvalue weighted by Gasteiger charge is -2.20. The number of amides is 1. The monoisotopic (exact) mass is 406 g/mol. The van der Waals surface area contributed by atoms with Gasteiger partial charge in [0.2, 0.25) is 5.91 Å². The van der Waals surface area contributed by atoms with Crippen molar-refractivity contribution in [3.05, 3.63) is 48.0 Å². The second-order valence-electron chi connectivity index (χ2n) is 7.32. The van der Waals surface area contributed by atoms with Crippen molar-refractivity contribution < 1.29 is 14.3 Å². The van der Waals surface area contributed by atoms with E-state index in [1.54, 1.807) is 14.2 Å². The van der Waals surface area contributed by atoms with E-state index in [4.69, 9.17) is 19.4 Å². The van der Waals surface area contributed by atoms with Crippen molar-refractivity contribution in [1.82, 2.24) is 9.97 Å². The van der Waals surface area contributed by atoms with Gasteiger partial charge in [0, 0.05) is 19.5 Å². The fourth-order valence-electron chi connectivity index (χ4n) is 3.71. The minimum Gasteiger partial charge on any atom is -0.493 e. The molecule has 1 aliphatic heterocycles. The molecule has 7 nitrogen and oxygen atoms in total. The SMILES string of the molecule is COc1ccc(CCC(=O)Nc2nc3ccccc3nc2N2CCCC2)cc1OC. The van der Waals surface area contributed by atoms with Crippen molar-refractivity contribution in [2.24, 2.45) is 0 Å². The van der Waals surface area contributed by atoms with E-state index in [1.807, 2.05) is 42.5 Å². The smallest absolute Gasteiger partial charge is 0.225 e. The average molecular weight is 406 g/mol. The number of carbonyl (C=O) groups excluding carboxylic acids is 1. The van der Waals surface area contributed by atoms with E-state index in [2.05, 4.69) is 10.2 Å². The van der Waals surface area contributed by atoms with Crippen molar-refractivity contribution in [3.63, 3.8) is 0 Å². The predicted octanol–water partition coefficient (Wildman–Crippen LogP) is 3.82. The third-order valence-corrected chi connectivity index (χ3v) is 5.30. The van der Waals surface area contributed by atoms with Crippen molar-refractivity contribution in [3.8, 4) is 11.5 Å². The Labute approximate surface area is 176 Å². The number of anilines is 2. The summed E-state index contributed by atoms with van der Waals surface area (Å²) >= 11 is 0. The molecule has 0 saturated carbocycles. The lowest BCUT2D eigenvalue weighted by molar-refractivity contribution is -0.116. The first-order valence-electron chi connectivity index (χ1n) is 10.2. The molecule has 1 N–H and O–H groups in total. The van der Waals surface area contributed by atoms with Gasteiger partial charge in [0.15, 0.2) is 23.1 Å². The standard InChI is InChI=1S/C23H26N4O3/c1-29-19-11-9-16(15-20(19)30-2)10-12-21(28)26-22-23(27-13-5-6-14-27)25-18-8-4-3-7-17(18)24-22/h3-4,7-9,11,15H,5-6,10,12-14H2,1-2H3,(H,24,26,28). The van der Waals surface area contributed by atoms with E-state index in [1.165, 1.54) is 0 Å². The number of carbonyl (C=O) groups is 1. The highest BCUT2D eigenvalue weighted by atomic mass is 16.5. The van der Waals surface area contributed by atoms with Gasteiger partial charge in [-0.1, -0.05) is 18.2 Å². The van der Waals surface area contributed by atoms with Crippen LogP contribution in [0.25, 0.3) is 11.0 Å². The fraction of sp³-hybridized carbons (Fsp3) is 0.348. The first-order valence-corrected chi connectivity index (χ1v) is 10.2. The molecule has 1 amide bonds. The van der Waals surface area contributed by atoms with Gasteiger partial charge in [0.05, 0.1) is 25.3 Å². The Bertz CT molecular complexity index is 1050. The second kappa shape index (κ2) is 8.98. The van der Waals surface area contributed by atoms with Gasteiger partial charge in [-0.15, -0.1) is 0 Å². The maximum atomic E-state index is 12.7. The Hall–Kier alpha value is -3.35. The summed E-state index contributed by atoms with van der Waals surface area (Å²) in [6, 6.07) is 13.4. The number of benzene rings is 2. The number of aryl methyl sites for hydroxylation is 1. The number of hydrogen-bond donors (Lipinski definition) is 1. The van der Waals surface area contributed by atoms with E-state index >= 15 is 0 Å². The van der Waals surface area contributed by atoms with Crippen LogP contribution in [0.3, 0.4) is 0 Å². The third kappa shape index (κ3) is 4.30. The van der Waals surface area contributed by atoms with Gasteiger partial charge in [-0.05, 0) is 49.1 Å². The van der Waals surface area contributed by atoms with Gasteiger partial charge in [-0.25, -0.2) is 9.97 Å². The molecule has 156 valence electrons. The summed E-state index contributed by atoms with van der Waals surface area (Å²) in [5.74, 6) is 2.54. The summed E-state index contributed by atoms with van der Waals surface area (Å²) in [4.78, 5) is 24.4. The van der Waals surface area contributed by atoms with E-state index in [-0.39, 0.29) is 5.91 Å². The zero-order valence-corrected chi connectivity index (χ0v) is 17.4. The molecule has 30 heavy (non-hydrogen) atoms. The van der Waals surface area contributed by atoms with Crippen LogP contribution in [0, 0.1) is 0 Å². The van der Waals surface area contributed by atoms with Crippen LogP contribution < -0.4 is 19.7 Å². The van der Waals surface area contributed by atoms with Gasteiger partial charge >= 0.3 is 0 Å². The average Bonchev–Trinajstić information content (AvgIpc) is 3.31. The van der Waals surface area contributed by atoms with E-state index in [9.17, 15) is 4.79 Å². The van der Waals surface area contributed by atoms with Gasteiger partial charge in [0.25, 0.3) is 0 Å². The predicted molar refractivity (Wildman–Crippen MR) is 117 cm³/mol. The van der Waals surface area contributed by atoms with Crippen LogP contribution in [0.2, 0.25) is 0 Å². The van der Waals surface area contributed by atoms with Crippen LogP contribution in [-0.2, 0) is 11.2 Å². The molecular weight excluding hydrogens is 380 g/mol. The molecule has 4 rings (SSSR count). The largest absolute Gasteiger partial charge is 0.493 e. The molecule has 0 bridgehead atoms. The van der Waals surface area contributed by atoms with Crippen molar-refractivity contribution in [2.45, 2.75) is 25.7 Å². The molecule has 1 aliphatic rings. The van der Waals surface area contributed by atoms with Gasteiger partial charge in [0.1, 0.15) is 0 Å². The summed E-state index contributed by atoms with van der Waals surface area (Å²) in [5.41, 5.74) is 2.62. The van der Waals surface area contributed by atoms with E-state index in [0.717, 1.165) is 48.3 Å². The van der Waals surface area contributed by atoms with Crippen LogP contribution in [-0.4, -0.2) is 43.2 Å². The number of nitrogens with zero attached hydrogens (tertiary/aromatic N) is 3. The van der Waals surface area contributed by atoms with Crippen molar-refractivity contribution in [2.75, 3.05) is 37.5 Å². The summed E-state index contributed by atoms with van der Waals surface area (Å²) in [7, 11) is 3.21. The van der Waals surface area contributed by atoms with Crippen LogP contribution in [0.5, 0.6) is 11.5 Å². The number of nitrogens with one attached hydrogen (secondary N) is 1. The molecule has 0 atom stereocenters. The molecule has 0 spiro atoms. The molecule has 7 heteroatoms. The number of aromatic nitrogens is 2. The first kappa shape index (κ1) is 19.9. The molecule has 2 aromatic carbocycles. The van der Waals surface area contributed by atoms with Crippen LogP contribution in [0.15, 0.2) is 42.5 Å². The Kier molecular flexibility index (Phi) is 5.97. The number of para-hydroxylation sites is 2.